The van der Waals surface area contributed by atoms with Gasteiger partial charge in [-0.3, -0.25) is 0 Å². The van der Waals surface area contributed by atoms with E-state index >= 15 is 0 Å². The van der Waals surface area contributed by atoms with Crippen LogP contribution in [0.15, 0.2) is 0 Å². The lowest BCUT2D eigenvalue weighted by atomic mass is 9.88. The Morgan fingerprint density at radius 3 is 2.31 bits per heavy atom. The molecule has 3 nitrogen and oxygen atoms in total. The number of piperidine rings is 1. The molecule has 0 aliphatic carbocycles. The highest BCUT2D eigenvalue weighted by molar-refractivity contribution is 4.83. The van der Waals surface area contributed by atoms with Gasteiger partial charge < -0.3 is 15.1 Å². The molecule has 2 saturated heterocycles. The van der Waals surface area contributed by atoms with Gasteiger partial charge in [-0.2, -0.15) is 0 Å². The average molecular weight is 225 g/mol. The van der Waals surface area contributed by atoms with E-state index in [0.29, 0.717) is 0 Å². The van der Waals surface area contributed by atoms with Crippen molar-refractivity contribution < 1.29 is 0 Å². The third kappa shape index (κ3) is 2.96. The van der Waals surface area contributed by atoms with Crippen LogP contribution in [0.1, 0.15) is 19.8 Å². The molecule has 0 radical (unpaired) electrons. The fourth-order valence-corrected chi connectivity index (χ4v) is 2.89. The molecule has 16 heavy (non-hydrogen) atoms. The maximum Gasteiger partial charge on any atom is 0.0113 e. The molecule has 0 spiro atoms. The van der Waals surface area contributed by atoms with Crippen molar-refractivity contribution in [1.82, 2.24) is 15.1 Å². The van der Waals surface area contributed by atoms with Gasteiger partial charge in [0.1, 0.15) is 0 Å². The minimum atomic E-state index is 0.817. The summed E-state index contributed by atoms with van der Waals surface area (Å²) >= 11 is 0. The largest absolute Gasteiger partial charge is 0.316 e. The maximum atomic E-state index is 3.38. The fourth-order valence-electron chi connectivity index (χ4n) is 2.89. The summed E-state index contributed by atoms with van der Waals surface area (Å²) in [6.07, 6.45) is 2.70. The Labute approximate surface area is 100 Å². The van der Waals surface area contributed by atoms with E-state index in [-0.39, 0.29) is 0 Å². The van der Waals surface area contributed by atoms with Gasteiger partial charge in [-0.1, -0.05) is 6.92 Å². The Kier molecular flexibility index (Phi) is 4.22. The first kappa shape index (κ1) is 12.3. The minimum absolute atomic E-state index is 0.817. The summed E-state index contributed by atoms with van der Waals surface area (Å²) in [7, 11) is 4.42. The summed E-state index contributed by atoms with van der Waals surface area (Å²) in [5.41, 5.74) is 0. The normalized spacial score (nSPS) is 27.0. The van der Waals surface area contributed by atoms with E-state index < -0.39 is 0 Å². The van der Waals surface area contributed by atoms with Crippen LogP contribution in [0.25, 0.3) is 0 Å². The Hall–Kier alpha value is -0.120. The summed E-state index contributed by atoms with van der Waals surface area (Å²) in [5, 5.41) is 3.38. The van der Waals surface area contributed by atoms with E-state index in [0.717, 1.165) is 17.9 Å². The number of hydrogen-bond donors (Lipinski definition) is 1. The number of rotatable bonds is 4. The van der Waals surface area contributed by atoms with E-state index in [1.54, 1.807) is 0 Å². The Bertz CT molecular complexity index is 205. The quantitative estimate of drug-likeness (QED) is 0.766. The predicted octanol–water partition coefficient (Wildman–Crippen LogP) is 0.868. The summed E-state index contributed by atoms with van der Waals surface area (Å²) in [6.45, 7) is 8.82. The van der Waals surface area contributed by atoms with E-state index in [1.807, 2.05) is 0 Å². The van der Waals surface area contributed by atoms with Gasteiger partial charge in [-0.25, -0.2) is 0 Å². The molecule has 2 heterocycles. The minimum Gasteiger partial charge on any atom is -0.316 e. The number of likely N-dealkylation sites (tertiary alicyclic amines) is 1. The van der Waals surface area contributed by atoms with Crippen LogP contribution in [0.4, 0.5) is 0 Å². The van der Waals surface area contributed by atoms with Gasteiger partial charge in [0, 0.05) is 12.6 Å². The highest BCUT2D eigenvalue weighted by Crippen LogP contribution is 2.20. The summed E-state index contributed by atoms with van der Waals surface area (Å²) in [4.78, 5) is 5.06. The van der Waals surface area contributed by atoms with E-state index in [2.05, 4.69) is 36.1 Å². The van der Waals surface area contributed by atoms with Crippen molar-refractivity contribution in [2.24, 2.45) is 11.8 Å². The third-order valence-corrected chi connectivity index (χ3v) is 4.45. The van der Waals surface area contributed by atoms with Gasteiger partial charge in [0.2, 0.25) is 0 Å². The highest BCUT2D eigenvalue weighted by atomic mass is 15.2. The molecule has 1 N–H and O–H groups in total. The van der Waals surface area contributed by atoms with Crippen LogP contribution in [-0.4, -0.2) is 62.7 Å². The third-order valence-electron chi connectivity index (χ3n) is 4.45. The monoisotopic (exact) mass is 225 g/mol. The molecule has 0 saturated carbocycles. The lowest BCUT2D eigenvalue weighted by molar-refractivity contribution is 0.110. The molecular formula is C13H27N3. The van der Waals surface area contributed by atoms with Gasteiger partial charge >= 0.3 is 0 Å². The van der Waals surface area contributed by atoms with Crippen molar-refractivity contribution in [3.8, 4) is 0 Å². The SMILES string of the molecule is CC(CN1CCC(N(C)C)CC1)C1CNC1. The molecule has 0 amide bonds. The van der Waals surface area contributed by atoms with Gasteiger partial charge in [-0.05, 0) is 65.0 Å². The van der Waals surface area contributed by atoms with Crippen LogP contribution in [0.5, 0.6) is 0 Å². The molecule has 0 aromatic carbocycles. The summed E-state index contributed by atoms with van der Waals surface area (Å²) < 4.78 is 0. The standard InChI is InChI=1S/C13H27N3/c1-11(12-8-14-9-12)10-16-6-4-13(5-7-16)15(2)3/h11-14H,4-10H2,1-3H3. The first-order chi connectivity index (χ1) is 7.66. The smallest absolute Gasteiger partial charge is 0.0113 e. The Morgan fingerprint density at radius 1 is 1.25 bits per heavy atom. The second-order valence-electron chi connectivity index (χ2n) is 5.89. The van der Waals surface area contributed by atoms with Crippen LogP contribution in [0.2, 0.25) is 0 Å². The molecule has 2 fully saturated rings. The fraction of sp³-hybridized carbons (Fsp3) is 1.00. The van der Waals surface area contributed by atoms with Gasteiger partial charge in [0.15, 0.2) is 0 Å². The van der Waals surface area contributed by atoms with Crippen LogP contribution < -0.4 is 5.32 Å². The van der Waals surface area contributed by atoms with Crippen molar-refractivity contribution in [2.45, 2.75) is 25.8 Å². The first-order valence-electron chi connectivity index (χ1n) is 6.76. The molecule has 2 aliphatic rings. The van der Waals surface area contributed by atoms with Crippen LogP contribution in [0.3, 0.4) is 0 Å². The van der Waals surface area contributed by atoms with Crippen molar-refractivity contribution in [3.63, 3.8) is 0 Å². The van der Waals surface area contributed by atoms with Crippen molar-refractivity contribution in [2.75, 3.05) is 46.8 Å². The van der Waals surface area contributed by atoms with Gasteiger partial charge in [-0.15, -0.1) is 0 Å². The molecule has 0 aromatic heterocycles. The molecule has 0 aromatic rings. The molecule has 0 bridgehead atoms. The Balaban J connectivity index is 1.68. The lowest BCUT2D eigenvalue weighted by Gasteiger charge is -2.39. The second kappa shape index (κ2) is 5.48. The van der Waals surface area contributed by atoms with Gasteiger partial charge in [0.05, 0.1) is 0 Å². The molecule has 1 unspecified atom stereocenters. The highest BCUT2D eigenvalue weighted by Gasteiger charge is 2.27. The van der Waals surface area contributed by atoms with Crippen LogP contribution in [-0.2, 0) is 0 Å². The molecule has 3 heteroatoms. The number of hydrogen-bond acceptors (Lipinski definition) is 3. The molecule has 2 aliphatic heterocycles. The topological polar surface area (TPSA) is 18.5 Å². The molecule has 94 valence electrons. The van der Waals surface area contributed by atoms with Crippen LogP contribution >= 0.6 is 0 Å². The van der Waals surface area contributed by atoms with E-state index in [1.165, 1.54) is 45.6 Å². The number of nitrogens with one attached hydrogen (secondary N) is 1. The number of nitrogens with zero attached hydrogens (tertiary/aromatic N) is 2. The zero-order valence-corrected chi connectivity index (χ0v) is 11.1. The first-order valence-corrected chi connectivity index (χ1v) is 6.76. The molecule has 2 rings (SSSR count). The van der Waals surface area contributed by atoms with Crippen molar-refractivity contribution in [3.05, 3.63) is 0 Å². The molecular weight excluding hydrogens is 198 g/mol. The summed E-state index contributed by atoms with van der Waals surface area (Å²) in [6, 6.07) is 0.817. The van der Waals surface area contributed by atoms with Crippen molar-refractivity contribution >= 4 is 0 Å². The van der Waals surface area contributed by atoms with E-state index in [9.17, 15) is 0 Å². The van der Waals surface area contributed by atoms with E-state index in [4.69, 9.17) is 0 Å². The Morgan fingerprint density at radius 2 is 1.88 bits per heavy atom. The molecule has 1 atom stereocenters. The average Bonchev–Trinajstić information content (AvgIpc) is 2.15. The zero-order chi connectivity index (χ0) is 11.5. The van der Waals surface area contributed by atoms with Gasteiger partial charge in [0.25, 0.3) is 0 Å². The maximum absolute atomic E-state index is 3.38. The summed E-state index contributed by atoms with van der Waals surface area (Å²) in [5.74, 6) is 1.81. The zero-order valence-electron chi connectivity index (χ0n) is 11.1. The predicted molar refractivity (Wildman–Crippen MR) is 68.7 cm³/mol. The van der Waals surface area contributed by atoms with Crippen LogP contribution in [0, 0.1) is 11.8 Å². The lowest BCUT2D eigenvalue weighted by Crippen LogP contribution is -2.50. The second-order valence-corrected chi connectivity index (χ2v) is 5.89. The van der Waals surface area contributed by atoms with Crippen molar-refractivity contribution in [1.29, 1.82) is 0 Å².